The number of rotatable bonds is 2. The second kappa shape index (κ2) is 7.30. The van der Waals surface area contributed by atoms with Crippen LogP contribution in [-0.2, 0) is 4.79 Å². The van der Waals surface area contributed by atoms with Crippen LogP contribution in [0, 0.1) is 18.2 Å². The number of aryl methyl sites for hydroxylation is 1. The summed E-state index contributed by atoms with van der Waals surface area (Å²) in [6.45, 7) is 3.50. The SMILES string of the molecule is Cc1ncc(C(=O)N2CCC3(CCCN(c4ccc(F)cc4)C3=O)CC2)cn1. The number of aromatic nitrogens is 2. The molecule has 0 bridgehead atoms. The molecule has 28 heavy (non-hydrogen) atoms. The van der Waals surface area contributed by atoms with Crippen molar-refractivity contribution >= 4 is 17.5 Å². The molecule has 1 aromatic carbocycles. The van der Waals surface area contributed by atoms with Crippen LogP contribution in [0.4, 0.5) is 10.1 Å². The van der Waals surface area contributed by atoms with Gasteiger partial charge in [-0.2, -0.15) is 0 Å². The fourth-order valence-electron chi connectivity index (χ4n) is 4.23. The average molecular weight is 382 g/mol. The van der Waals surface area contributed by atoms with E-state index in [1.807, 2.05) is 0 Å². The Morgan fingerprint density at radius 1 is 1.04 bits per heavy atom. The molecule has 1 aromatic heterocycles. The summed E-state index contributed by atoms with van der Waals surface area (Å²) in [5.74, 6) is 0.322. The van der Waals surface area contributed by atoms with Gasteiger partial charge in [0.25, 0.3) is 5.91 Å². The zero-order valence-electron chi connectivity index (χ0n) is 15.9. The second-order valence-corrected chi connectivity index (χ2v) is 7.63. The Balaban J connectivity index is 1.46. The van der Waals surface area contributed by atoms with Gasteiger partial charge in [-0.25, -0.2) is 14.4 Å². The lowest BCUT2D eigenvalue weighted by atomic mass is 9.71. The van der Waals surface area contributed by atoms with Crippen molar-refractivity contribution in [3.8, 4) is 0 Å². The molecule has 3 heterocycles. The van der Waals surface area contributed by atoms with Crippen molar-refractivity contribution in [1.29, 1.82) is 0 Å². The molecule has 1 spiro atoms. The Labute approximate surface area is 163 Å². The minimum atomic E-state index is -0.437. The van der Waals surface area contributed by atoms with E-state index in [9.17, 15) is 14.0 Å². The minimum absolute atomic E-state index is 0.0894. The monoisotopic (exact) mass is 382 g/mol. The first-order chi connectivity index (χ1) is 13.5. The van der Waals surface area contributed by atoms with Crippen LogP contribution in [-0.4, -0.2) is 46.3 Å². The molecule has 2 aliphatic heterocycles. The molecule has 7 heteroatoms. The van der Waals surface area contributed by atoms with E-state index in [0.29, 0.717) is 43.9 Å². The number of nitrogens with zero attached hydrogens (tertiary/aromatic N) is 4. The van der Waals surface area contributed by atoms with E-state index >= 15 is 0 Å². The topological polar surface area (TPSA) is 66.4 Å². The van der Waals surface area contributed by atoms with Gasteiger partial charge in [0.2, 0.25) is 5.91 Å². The van der Waals surface area contributed by atoms with Crippen molar-refractivity contribution in [1.82, 2.24) is 14.9 Å². The molecule has 6 nitrogen and oxygen atoms in total. The van der Waals surface area contributed by atoms with Gasteiger partial charge >= 0.3 is 0 Å². The van der Waals surface area contributed by atoms with Crippen molar-refractivity contribution < 1.29 is 14.0 Å². The molecule has 4 rings (SSSR count). The van der Waals surface area contributed by atoms with E-state index in [0.717, 1.165) is 18.5 Å². The normalized spacial score (nSPS) is 19.1. The molecule has 146 valence electrons. The second-order valence-electron chi connectivity index (χ2n) is 7.63. The van der Waals surface area contributed by atoms with Crippen LogP contribution in [0.1, 0.15) is 41.9 Å². The van der Waals surface area contributed by atoms with Crippen LogP contribution < -0.4 is 4.90 Å². The molecular formula is C21H23FN4O2. The highest BCUT2D eigenvalue weighted by atomic mass is 19.1. The molecule has 2 aliphatic rings. The average Bonchev–Trinajstić information content (AvgIpc) is 2.72. The first-order valence-electron chi connectivity index (χ1n) is 9.64. The summed E-state index contributed by atoms with van der Waals surface area (Å²) >= 11 is 0. The molecule has 0 unspecified atom stereocenters. The van der Waals surface area contributed by atoms with Crippen LogP contribution in [0.3, 0.4) is 0 Å². The maximum absolute atomic E-state index is 13.3. The van der Waals surface area contributed by atoms with Crippen molar-refractivity contribution in [2.75, 3.05) is 24.5 Å². The molecule has 0 N–H and O–H groups in total. The van der Waals surface area contributed by atoms with Crippen molar-refractivity contribution in [3.63, 3.8) is 0 Å². The quantitative estimate of drug-likeness (QED) is 0.801. The van der Waals surface area contributed by atoms with Crippen molar-refractivity contribution in [2.45, 2.75) is 32.6 Å². The lowest BCUT2D eigenvalue weighted by molar-refractivity contribution is -0.133. The van der Waals surface area contributed by atoms with Gasteiger partial charge in [0, 0.05) is 37.7 Å². The number of carbonyl (C=O) groups is 2. The third-order valence-corrected chi connectivity index (χ3v) is 5.91. The van der Waals surface area contributed by atoms with E-state index in [4.69, 9.17) is 0 Å². The first kappa shape index (κ1) is 18.5. The Bertz CT molecular complexity index is 874. The fraction of sp³-hybridized carbons (Fsp3) is 0.429. The lowest BCUT2D eigenvalue weighted by Crippen LogP contribution is -2.54. The number of likely N-dealkylation sites (tertiary alicyclic amines) is 1. The lowest BCUT2D eigenvalue weighted by Gasteiger charge is -2.46. The van der Waals surface area contributed by atoms with Gasteiger partial charge in [-0.15, -0.1) is 0 Å². The molecular weight excluding hydrogens is 359 g/mol. The molecule has 0 radical (unpaired) electrons. The van der Waals surface area contributed by atoms with Gasteiger partial charge in [0.1, 0.15) is 11.6 Å². The molecule has 0 atom stereocenters. The van der Waals surface area contributed by atoms with Gasteiger partial charge in [-0.1, -0.05) is 0 Å². The maximum Gasteiger partial charge on any atom is 0.256 e. The van der Waals surface area contributed by atoms with Crippen molar-refractivity contribution in [3.05, 3.63) is 53.9 Å². The largest absolute Gasteiger partial charge is 0.338 e. The predicted octanol–water partition coefficient (Wildman–Crippen LogP) is 2.97. The Morgan fingerprint density at radius 2 is 1.68 bits per heavy atom. The summed E-state index contributed by atoms with van der Waals surface area (Å²) in [6, 6.07) is 6.08. The Hall–Kier alpha value is -2.83. The molecule has 0 aliphatic carbocycles. The molecule has 2 fully saturated rings. The summed E-state index contributed by atoms with van der Waals surface area (Å²) in [6.07, 6.45) is 6.13. The molecule has 2 saturated heterocycles. The number of hydrogen-bond acceptors (Lipinski definition) is 4. The number of benzene rings is 1. The third-order valence-electron chi connectivity index (χ3n) is 5.91. The molecule has 2 amide bonds. The highest BCUT2D eigenvalue weighted by Gasteiger charge is 2.46. The van der Waals surface area contributed by atoms with Crippen LogP contribution in [0.15, 0.2) is 36.7 Å². The van der Waals surface area contributed by atoms with Gasteiger partial charge in [0.15, 0.2) is 0 Å². The summed E-state index contributed by atoms with van der Waals surface area (Å²) in [7, 11) is 0. The molecule has 2 aromatic rings. The van der Waals surface area contributed by atoms with Crippen molar-refractivity contribution in [2.24, 2.45) is 5.41 Å². The van der Waals surface area contributed by atoms with E-state index in [1.165, 1.54) is 12.1 Å². The zero-order valence-corrected chi connectivity index (χ0v) is 15.9. The number of piperidine rings is 2. The Morgan fingerprint density at radius 3 is 2.32 bits per heavy atom. The van der Waals surface area contributed by atoms with Crippen LogP contribution in [0.5, 0.6) is 0 Å². The highest BCUT2D eigenvalue weighted by molar-refractivity contribution is 5.99. The van der Waals surface area contributed by atoms with Gasteiger partial charge in [-0.05, 0) is 56.9 Å². The summed E-state index contributed by atoms with van der Waals surface area (Å²) in [4.78, 5) is 37.7. The summed E-state index contributed by atoms with van der Waals surface area (Å²) in [5, 5.41) is 0. The van der Waals surface area contributed by atoms with Crippen LogP contribution in [0.25, 0.3) is 0 Å². The number of anilines is 1. The third kappa shape index (κ3) is 3.37. The highest BCUT2D eigenvalue weighted by Crippen LogP contribution is 2.42. The molecule has 0 saturated carbocycles. The van der Waals surface area contributed by atoms with Crippen LogP contribution >= 0.6 is 0 Å². The van der Waals surface area contributed by atoms with E-state index in [-0.39, 0.29) is 17.6 Å². The van der Waals surface area contributed by atoms with E-state index < -0.39 is 5.41 Å². The Kier molecular flexibility index (Phi) is 4.83. The minimum Gasteiger partial charge on any atom is -0.338 e. The number of hydrogen-bond donors (Lipinski definition) is 0. The predicted molar refractivity (Wildman–Crippen MR) is 102 cm³/mol. The summed E-state index contributed by atoms with van der Waals surface area (Å²) < 4.78 is 13.2. The number of carbonyl (C=O) groups excluding carboxylic acids is 2. The first-order valence-corrected chi connectivity index (χ1v) is 9.64. The fourth-order valence-corrected chi connectivity index (χ4v) is 4.23. The van der Waals surface area contributed by atoms with E-state index in [2.05, 4.69) is 9.97 Å². The van der Waals surface area contributed by atoms with Crippen LogP contribution in [0.2, 0.25) is 0 Å². The maximum atomic E-state index is 13.3. The zero-order chi connectivity index (χ0) is 19.7. The van der Waals surface area contributed by atoms with Gasteiger partial charge < -0.3 is 9.80 Å². The van der Waals surface area contributed by atoms with Gasteiger partial charge in [0.05, 0.1) is 11.0 Å². The summed E-state index contributed by atoms with van der Waals surface area (Å²) in [5.41, 5.74) is 0.776. The van der Waals surface area contributed by atoms with E-state index in [1.54, 1.807) is 41.2 Å². The standard InChI is InChI=1S/C21H23FN4O2/c1-15-23-13-16(14-24-15)19(27)25-11-8-21(9-12-25)7-2-10-26(20(21)28)18-5-3-17(22)4-6-18/h3-6,13-14H,2,7-12H2,1H3. The number of halogens is 1. The van der Waals surface area contributed by atoms with Gasteiger partial charge in [-0.3, -0.25) is 9.59 Å². The smallest absolute Gasteiger partial charge is 0.256 e. The number of amides is 2.